The van der Waals surface area contributed by atoms with Crippen molar-refractivity contribution in [3.8, 4) is 62.1 Å². The number of nitrogens with zero attached hydrogens (tertiary/aromatic N) is 4. The maximum atomic E-state index is 5.08. The minimum absolute atomic E-state index is 0.115. The average Bonchev–Trinajstić information content (AvgIpc) is 3.72. The van der Waals surface area contributed by atoms with E-state index in [1.807, 2.05) is 66.7 Å². The summed E-state index contributed by atoms with van der Waals surface area (Å²) >= 11 is 0. The van der Waals surface area contributed by atoms with Crippen molar-refractivity contribution in [2.24, 2.45) is 0 Å². The summed E-state index contributed by atoms with van der Waals surface area (Å²) in [4.78, 5) is 15.1. The summed E-state index contributed by atoms with van der Waals surface area (Å²) in [5.41, 5.74) is 15.9. The topological polar surface area (TPSA) is 43.6 Å². The molecule has 0 unspecified atom stereocenters. The number of rotatable bonds is 7. The Kier molecular flexibility index (Phi) is 8.15. The van der Waals surface area contributed by atoms with Crippen molar-refractivity contribution in [3.05, 3.63) is 193 Å². The fourth-order valence-corrected chi connectivity index (χ4v) is 8.84. The van der Waals surface area contributed by atoms with E-state index < -0.39 is 0 Å². The van der Waals surface area contributed by atoms with Crippen LogP contribution in [0.1, 0.15) is 43.0 Å². The zero-order chi connectivity index (χ0) is 38.7. The lowest BCUT2D eigenvalue weighted by molar-refractivity contribution is 0.660. The number of fused-ring (bicyclic) bond motifs is 6. The van der Waals surface area contributed by atoms with E-state index in [2.05, 4.69) is 141 Å². The largest absolute Gasteiger partial charge is 0.309 e. The van der Waals surface area contributed by atoms with Crippen LogP contribution in [0.25, 0.3) is 96.1 Å². The second-order valence-corrected chi connectivity index (χ2v) is 15.2. The van der Waals surface area contributed by atoms with Crippen molar-refractivity contribution in [2.75, 3.05) is 0 Å². The van der Waals surface area contributed by atoms with E-state index in [-0.39, 0.29) is 5.41 Å². The lowest BCUT2D eigenvalue weighted by Crippen LogP contribution is -2.14. The van der Waals surface area contributed by atoms with E-state index in [0.717, 1.165) is 44.5 Å². The summed E-state index contributed by atoms with van der Waals surface area (Å²) in [7, 11) is 0. The van der Waals surface area contributed by atoms with Crippen molar-refractivity contribution in [1.82, 2.24) is 19.5 Å². The summed E-state index contributed by atoms with van der Waals surface area (Å²) < 4.78 is 2.42. The first-order valence-corrected chi connectivity index (χ1v) is 19.5. The van der Waals surface area contributed by atoms with E-state index in [1.54, 1.807) is 0 Å². The highest BCUT2D eigenvalue weighted by molar-refractivity contribution is 6.17. The summed E-state index contributed by atoms with van der Waals surface area (Å²) in [5, 5.41) is 2.35. The Bertz CT molecular complexity index is 3000. The molecular formula is C53H40N4. The van der Waals surface area contributed by atoms with E-state index in [9.17, 15) is 0 Å². The molecule has 0 atom stereocenters. The second kappa shape index (κ2) is 13.5. The van der Waals surface area contributed by atoms with Gasteiger partial charge in [0.15, 0.2) is 17.5 Å². The molecule has 0 fully saturated rings. The Morgan fingerprint density at radius 1 is 0.544 bits per heavy atom. The number of aromatic nitrogens is 4. The van der Waals surface area contributed by atoms with Crippen LogP contribution in [-0.4, -0.2) is 19.5 Å². The molecule has 2 heterocycles. The lowest BCUT2D eigenvalue weighted by Gasteiger charge is -2.22. The molecule has 4 heteroatoms. The summed E-state index contributed by atoms with van der Waals surface area (Å²) in [6.07, 6.45) is 6.26. The third-order valence-corrected chi connectivity index (χ3v) is 11.5. The molecule has 0 saturated heterocycles. The maximum Gasteiger partial charge on any atom is 0.164 e. The third kappa shape index (κ3) is 5.56. The normalized spacial score (nSPS) is 13.0. The summed E-state index contributed by atoms with van der Waals surface area (Å²) in [5.74, 6) is 1.89. The molecule has 0 aliphatic heterocycles. The Balaban J connectivity index is 1.23. The first-order valence-electron chi connectivity index (χ1n) is 19.5. The van der Waals surface area contributed by atoms with Crippen molar-refractivity contribution < 1.29 is 0 Å². The van der Waals surface area contributed by atoms with E-state index in [1.165, 1.54) is 44.2 Å². The predicted molar refractivity (Wildman–Crippen MR) is 238 cm³/mol. The second-order valence-electron chi connectivity index (χ2n) is 15.2. The van der Waals surface area contributed by atoms with Gasteiger partial charge in [-0.15, -0.1) is 0 Å². The fourth-order valence-electron chi connectivity index (χ4n) is 8.84. The number of hydrogen-bond acceptors (Lipinski definition) is 3. The van der Waals surface area contributed by atoms with Gasteiger partial charge in [0.2, 0.25) is 0 Å². The highest BCUT2D eigenvalue weighted by Crippen LogP contribution is 2.50. The molecule has 57 heavy (non-hydrogen) atoms. The van der Waals surface area contributed by atoms with E-state index >= 15 is 0 Å². The van der Waals surface area contributed by atoms with Crippen molar-refractivity contribution >= 4 is 34.0 Å². The zero-order valence-electron chi connectivity index (χ0n) is 32.2. The zero-order valence-corrected chi connectivity index (χ0v) is 32.2. The smallest absolute Gasteiger partial charge is 0.164 e. The molecule has 0 amide bonds. The minimum Gasteiger partial charge on any atom is -0.309 e. The van der Waals surface area contributed by atoms with Crippen LogP contribution in [0.2, 0.25) is 0 Å². The van der Waals surface area contributed by atoms with Crippen LogP contribution in [0.15, 0.2) is 170 Å². The van der Waals surface area contributed by atoms with E-state index in [4.69, 9.17) is 15.0 Å². The molecule has 4 nitrogen and oxygen atoms in total. The molecule has 0 saturated carbocycles. The van der Waals surface area contributed by atoms with Gasteiger partial charge < -0.3 is 4.57 Å². The molecule has 272 valence electrons. The van der Waals surface area contributed by atoms with Gasteiger partial charge in [-0.1, -0.05) is 172 Å². The number of benzene rings is 7. The minimum atomic E-state index is -0.115. The van der Waals surface area contributed by atoms with Gasteiger partial charge in [0.25, 0.3) is 0 Å². The Labute approximate surface area is 333 Å². The molecular weight excluding hydrogens is 693 g/mol. The first kappa shape index (κ1) is 34.3. The van der Waals surface area contributed by atoms with Crippen LogP contribution in [-0.2, 0) is 5.41 Å². The van der Waals surface area contributed by atoms with Gasteiger partial charge in [-0.25, -0.2) is 15.0 Å². The molecule has 0 bridgehead atoms. The molecule has 10 rings (SSSR count). The van der Waals surface area contributed by atoms with Crippen LogP contribution in [0.4, 0.5) is 0 Å². The van der Waals surface area contributed by atoms with Crippen LogP contribution in [0, 0.1) is 0 Å². The Hall–Kier alpha value is -7.17. The van der Waals surface area contributed by atoms with Gasteiger partial charge in [-0.05, 0) is 70.1 Å². The van der Waals surface area contributed by atoms with Gasteiger partial charge in [0.05, 0.1) is 11.0 Å². The highest BCUT2D eigenvalue weighted by Gasteiger charge is 2.35. The summed E-state index contributed by atoms with van der Waals surface area (Å²) in [6.45, 7) is 11.1. The van der Waals surface area contributed by atoms with Crippen molar-refractivity contribution in [1.29, 1.82) is 0 Å². The number of allylic oxidation sites excluding steroid dienone is 1. The van der Waals surface area contributed by atoms with Gasteiger partial charge in [-0.3, -0.25) is 0 Å². The molecule has 7 aromatic carbocycles. The molecule has 9 aromatic rings. The number of para-hydroxylation sites is 1. The monoisotopic (exact) mass is 732 g/mol. The Morgan fingerprint density at radius 3 is 1.86 bits per heavy atom. The molecule has 0 spiro atoms. The Morgan fingerprint density at radius 2 is 1.16 bits per heavy atom. The van der Waals surface area contributed by atoms with Crippen molar-refractivity contribution in [3.63, 3.8) is 0 Å². The van der Waals surface area contributed by atoms with Gasteiger partial charge in [0, 0.05) is 44.1 Å². The average molecular weight is 733 g/mol. The molecule has 0 N–H and O–H groups in total. The van der Waals surface area contributed by atoms with Gasteiger partial charge >= 0.3 is 0 Å². The molecule has 1 aliphatic carbocycles. The van der Waals surface area contributed by atoms with Crippen molar-refractivity contribution in [2.45, 2.75) is 26.2 Å². The van der Waals surface area contributed by atoms with Crippen LogP contribution in [0.5, 0.6) is 0 Å². The highest BCUT2D eigenvalue weighted by atomic mass is 15.0. The van der Waals surface area contributed by atoms with Crippen LogP contribution in [0.3, 0.4) is 0 Å². The van der Waals surface area contributed by atoms with Crippen LogP contribution >= 0.6 is 0 Å². The van der Waals surface area contributed by atoms with E-state index in [0.29, 0.717) is 17.5 Å². The predicted octanol–water partition coefficient (Wildman–Crippen LogP) is 13.6. The quantitative estimate of drug-likeness (QED) is 0.164. The molecule has 1 aliphatic rings. The molecule has 2 aromatic heterocycles. The van der Waals surface area contributed by atoms with Gasteiger partial charge in [-0.2, -0.15) is 0 Å². The standard InChI is InChI=1S/C53H40N4/c1-5-17-34-29-31-47-48(40(34)6-2)44-26-16-25-41(37-28-30-43-42-24-13-14-27-45(42)53(3,4)46(43)33-37)49(44)57(47)39-23-15-22-38(32-39)52-55-50(35-18-9-7-10-19-35)54-51(56-52)36-20-11-8-12-21-36/h5-33H,2H2,1,3-4H3/b17-5-. The molecule has 0 radical (unpaired) electrons. The number of hydrogen-bond donors (Lipinski definition) is 0. The summed E-state index contributed by atoms with van der Waals surface area (Å²) in [6, 6.07) is 55.9. The lowest BCUT2D eigenvalue weighted by atomic mass is 9.81. The third-order valence-electron chi connectivity index (χ3n) is 11.5. The maximum absolute atomic E-state index is 5.08. The van der Waals surface area contributed by atoms with Crippen LogP contribution < -0.4 is 0 Å². The fraction of sp³-hybridized carbons (Fsp3) is 0.0755. The van der Waals surface area contributed by atoms with Gasteiger partial charge in [0.1, 0.15) is 0 Å². The first-order chi connectivity index (χ1) is 27.9. The SMILES string of the molecule is C=Cc1c(/C=C\C)ccc2c1c1cccc(-c3ccc4c(c3)C(C)(C)c3ccccc3-4)c1n2-c1cccc(-c2nc(-c3ccccc3)nc(-c3ccccc3)n2)c1.